The second-order valence-corrected chi connectivity index (χ2v) is 4.97. The Balaban J connectivity index is 1.78. The highest BCUT2D eigenvalue weighted by molar-refractivity contribution is 9.10. The first-order valence-corrected chi connectivity index (χ1v) is 6.59. The van der Waals surface area contributed by atoms with Crippen molar-refractivity contribution in [3.63, 3.8) is 0 Å². The molecule has 6 heteroatoms. The fraction of sp³-hybridized carbons (Fsp3) is 0.417. The highest BCUT2D eigenvalue weighted by Crippen LogP contribution is 2.14. The Kier molecular flexibility index (Phi) is 4.30. The smallest absolute Gasteiger partial charge is 0.222 e. The monoisotopic (exact) mass is 310 g/mol. The molecule has 1 N–H and O–H groups in total. The van der Waals surface area contributed by atoms with Crippen LogP contribution in [0.2, 0.25) is 0 Å². The third-order valence-electron chi connectivity index (χ3n) is 2.69. The number of halogens is 1. The Bertz CT molecular complexity index is 490. The first kappa shape index (κ1) is 13.0. The van der Waals surface area contributed by atoms with Gasteiger partial charge in [0.25, 0.3) is 0 Å². The highest BCUT2D eigenvalue weighted by atomic mass is 79.9. The molecule has 2 aromatic rings. The second-order valence-electron chi connectivity index (χ2n) is 4.06. The molecule has 0 saturated heterocycles. The van der Waals surface area contributed by atoms with Gasteiger partial charge in [-0.3, -0.25) is 0 Å². The normalized spacial score (nSPS) is 10.6. The Labute approximate surface area is 114 Å². The molecule has 5 nitrogen and oxygen atoms in total. The Morgan fingerprint density at radius 3 is 2.61 bits per heavy atom. The van der Waals surface area contributed by atoms with Gasteiger partial charge in [0.15, 0.2) is 0 Å². The van der Waals surface area contributed by atoms with Crippen LogP contribution in [0.4, 0.5) is 5.95 Å². The van der Waals surface area contributed by atoms with Crippen LogP contribution in [-0.4, -0.2) is 21.7 Å². The molecule has 96 valence electrons. The zero-order valence-corrected chi connectivity index (χ0v) is 12.0. The van der Waals surface area contributed by atoms with E-state index < -0.39 is 0 Å². The number of anilines is 1. The van der Waals surface area contributed by atoms with E-state index in [2.05, 4.69) is 36.4 Å². The van der Waals surface area contributed by atoms with E-state index in [9.17, 15) is 0 Å². The van der Waals surface area contributed by atoms with E-state index in [1.165, 1.54) is 5.56 Å². The average molecular weight is 311 g/mol. The number of nitrogens with one attached hydrogen (secondary N) is 1. The molecule has 0 saturated carbocycles. The molecule has 0 unspecified atom stereocenters. The molecule has 0 aliphatic carbocycles. The van der Waals surface area contributed by atoms with Gasteiger partial charge in [-0.1, -0.05) is 5.16 Å². The van der Waals surface area contributed by atoms with Crippen molar-refractivity contribution in [1.82, 2.24) is 15.1 Å². The van der Waals surface area contributed by atoms with E-state index in [-0.39, 0.29) is 0 Å². The molecule has 0 atom stereocenters. The number of rotatable bonds is 5. The summed E-state index contributed by atoms with van der Waals surface area (Å²) in [6.45, 7) is 4.74. The number of hydrogen-bond donors (Lipinski definition) is 1. The lowest BCUT2D eigenvalue weighted by Gasteiger charge is -2.04. The van der Waals surface area contributed by atoms with Crippen LogP contribution in [0, 0.1) is 13.8 Å². The maximum absolute atomic E-state index is 5.12. The van der Waals surface area contributed by atoms with E-state index in [4.69, 9.17) is 4.52 Å². The van der Waals surface area contributed by atoms with Crippen molar-refractivity contribution < 1.29 is 4.52 Å². The van der Waals surface area contributed by atoms with E-state index in [0.29, 0.717) is 5.95 Å². The molecule has 0 aromatic carbocycles. The highest BCUT2D eigenvalue weighted by Gasteiger charge is 2.07. The van der Waals surface area contributed by atoms with Gasteiger partial charge < -0.3 is 9.84 Å². The van der Waals surface area contributed by atoms with Gasteiger partial charge in [-0.25, -0.2) is 9.97 Å². The lowest BCUT2D eigenvalue weighted by molar-refractivity contribution is 0.392. The van der Waals surface area contributed by atoms with E-state index in [0.717, 1.165) is 35.3 Å². The lowest BCUT2D eigenvalue weighted by atomic mass is 10.1. The summed E-state index contributed by atoms with van der Waals surface area (Å²) < 4.78 is 6.00. The summed E-state index contributed by atoms with van der Waals surface area (Å²) in [4.78, 5) is 8.30. The third kappa shape index (κ3) is 3.29. The molecule has 2 aromatic heterocycles. The van der Waals surface area contributed by atoms with Gasteiger partial charge in [-0.2, -0.15) is 0 Å². The van der Waals surface area contributed by atoms with Crippen LogP contribution in [0.15, 0.2) is 21.4 Å². The molecule has 2 heterocycles. The van der Waals surface area contributed by atoms with Crippen LogP contribution >= 0.6 is 15.9 Å². The minimum atomic E-state index is 0.650. The number of nitrogens with zero attached hydrogens (tertiary/aromatic N) is 3. The quantitative estimate of drug-likeness (QED) is 0.860. The standard InChI is InChI=1S/C12H15BrN4O/c1-8-11(9(2)18-17-8)4-3-5-14-12-15-6-10(13)7-16-12/h6-7H,3-5H2,1-2H3,(H,14,15,16). The zero-order valence-electron chi connectivity index (χ0n) is 10.4. The summed E-state index contributed by atoms with van der Waals surface area (Å²) in [7, 11) is 0. The molecule has 0 aliphatic heterocycles. The van der Waals surface area contributed by atoms with Gasteiger partial charge in [0, 0.05) is 24.5 Å². The van der Waals surface area contributed by atoms with Crippen molar-refractivity contribution in [2.75, 3.05) is 11.9 Å². The first-order valence-electron chi connectivity index (χ1n) is 5.80. The minimum Gasteiger partial charge on any atom is -0.361 e. The first-order chi connectivity index (χ1) is 8.66. The van der Waals surface area contributed by atoms with Crippen molar-refractivity contribution in [2.24, 2.45) is 0 Å². The predicted molar refractivity (Wildman–Crippen MR) is 72.5 cm³/mol. The maximum Gasteiger partial charge on any atom is 0.222 e. The van der Waals surface area contributed by atoms with Crippen LogP contribution in [0.25, 0.3) is 0 Å². The topological polar surface area (TPSA) is 63.8 Å². The molecule has 2 rings (SSSR count). The summed E-state index contributed by atoms with van der Waals surface area (Å²) in [6, 6.07) is 0. The van der Waals surface area contributed by atoms with Gasteiger partial charge >= 0.3 is 0 Å². The molecular weight excluding hydrogens is 296 g/mol. The lowest BCUT2D eigenvalue weighted by Crippen LogP contribution is -2.06. The van der Waals surface area contributed by atoms with Gasteiger partial charge in [0.1, 0.15) is 5.76 Å². The largest absolute Gasteiger partial charge is 0.361 e. The van der Waals surface area contributed by atoms with Crippen molar-refractivity contribution in [3.8, 4) is 0 Å². The Morgan fingerprint density at radius 1 is 1.28 bits per heavy atom. The van der Waals surface area contributed by atoms with Gasteiger partial charge in [-0.05, 0) is 42.6 Å². The zero-order chi connectivity index (χ0) is 13.0. The van der Waals surface area contributed by atoms with E-state index in [1.807, 2.05) is 13.8 Å². The molecule has 0 bridgehead atoms. The van der Waals surface area contributed by atoms with Gasteiger partial charge in [0.2, 0.25) is 5.95 Å². The molecule has 0 fully saturated rings. The van der Waals surface area contributed by atoms with Crippen LogP contribution in [-0.2, 0) is 6.42 Å². The van der Waals surface area contributed by atoms with Crippen molar-refractivity contribution in [3.05, 3.63) is 33.9 Å². The van der Waals surface area contributed by atoms with Crippen LogP contribution in [0.1, 0.15) is 23.4 Å². The van der Waals surface area contributed by atoms with E-state index >= 15 is 0 Å². The van der Waals surface area contributed by atoms with E-state index in [1.54, 1.807) is 12.4 Å². The summed E-state index contributed by atoms with van der Waals surface area (Å²) in [6.07, 6.45) is 5.39. The Hall–Kier alpha value is -1.43. The summed E-state index contributed by atoms with van der Waals surface area (Å²) in [5, 5.41) is 7.12. The van der Waals surface area contributed by atoms with Crippen LogP contribution in [0.3, 0.4) is 0 Å². The molecule has 0 spiro atoms. The van der Waals surface area contributed by atoms with Gasteiger partial charge in [0.05, 0.1) is 10.2 Å². The molecule has 18 heavy (non-hydrogen) atoms. The Morgan fingerprint density at radius 2 is 2.00 bits per heavy atom. The number of aromatic nitrogens is 3. The SMILES string of the molecule is Cc1noc(C)c1CCCNc1ncc(Br)cn1. The average Bonchev–Trinajstić information content (AvgIpc) is 2.68. The number of hydrogen-bond acceptors (Lipinski definition) is 5. The summed E-state index contributed by atoms with van der Waals surface area (Å²) in [5.74, 6) is 1.56. The van der Waals surface area contributed by atoms with Crippen molar-refractivity contribution in [2.45, 2.75) is 26.7 Å². The molecular formula is C12H15BrN4O. The van der Waals surface area contributed by atoms with Crippen LogP contribution in [0.5, 0.6) is 0 Å². The predicted octanol–water partition coefficient (Wildman–Crippen LogP) is 2.89. The molecule has 0 radical (unpaired) electrons. The molecule has 0 amide bonds. The fourth-order valence-electron chi connectivity index (χ4n) is 1.73. The fourth-order valence-corrected chi connectivity index (χ4v) is 1.93. The summed E-state index contributed by atoms with van der Waals surface area (Å²) in [5.41, 5.74) is 2.18. The van der Waals surface area contributed by atoms with Gasteiger partial charge in [-0.15, -0.1) is 0 Å². The second kappa shape index (κ2) is 5.95. The van der Waals surface area contributed by atoms with Crippen LogP contribution < -0.4 is 5.32 Å². The molecule has 0 aliphatic rings. The van der Waals surface area contributed by atoms with Crippen molar-refractivity contribution >= 4 is 21.9 Å². The third-order valence-corrected chi connectivity index (χ3v) is 3.10. The minimum absolute atomic E-state index is 0.650. The van der Waals surface area contributed by atoms with Crippen molar-refractivity contribution in [1.29, 1.82) is 0 Å². The summed E-state index contributed by atoms with van der Waals surface area (Å²) >= 11 is 3.30. The number of aryl methyl sites for hydroxylation is 2. The maximum atomic E-state index is 5.12.